The highest BCUT2D eigenvalue weighted by Gasteiger charge is 2.61. The van der Waals surface area contributed by atoms with Crippen molar-refractivity contribution in [1.29, 1.82) is 0 Å². The second-order valence-electron chi connectivity index (χ2n) is 14.2. The van der Waals surface area contributed by atoms with Crippen molar-refractivity contribution in [1.82, 2.24) is 0 Å². The molecule has 244 valence electrons. The molecule has 0 fully saturated rings. The summed E-state index contributed by atoms with van der Waals surface area (Å²) >= 11 is 0. The van der Waals surface area contributed by atoms with E-state index < -0.39 is 10.8 Å². The number of allylic oxidation sites excluding steroid dienone is 8. The molecule has 4 aliphatic carbocycles. The summed E-state index contributed by atoms with van der Waals surface area (Å²) < 4.78 is 0. The molecule has 51 heavy (non-hydrogen) atoms. The summed E-state index contributed by atoms with van der Waals surface area (Å²) in [4.78, 5) is 2.47. The van der Waals surface area contributed by atoms with Crippen LogP contribution in [0.3, 0.4) is 0 Å². The number of rotatable bonds is 5. The van der Waals surface area contributed by atoms with Crippen LogP contribution in [-0.2, 0) is 10.8 Å². The van der Waals surface area contributed by atoms with Gasteiger partial charge in [-0.3, -0.25) is 0 Å². The summed E-state index contributed by atoms with van der Waals surface area (Å²) in [5, 5.41) is 0. The van der Waals surface area contributed by atoms with E-state index in [2.05, 4.69) is 205 Å². The van der Waals surface area contributed by atoms with Crippen molar-refractivity contribution < 1.29 is 0 Å². The van der Waals surface area contributed by atoms with E-state index in [1.54, 1.807) is 0 Å². The van der Waals surface area contributed by atoms with Crippen LogP contribution in [0.1, 0.15) is 57.7 Å². The van der Waals surface area contributed by atoms with Gasteiger partial charge in [0.2, 0.25) is 0 Å². The van der Waals surface area contributed by atoms with E-state index in [4.69, 9.17) is 0 Å². The van der Waals surface area contributed by atoms with Gasteiger partial charge in [-0.1, -0.05) is 170 Å². The molecule has 0 amide bonds. The van der Waals surface area contributed by atoms with Gasteiger partial charge < -0.3 is 4.90 Å². The smallest absolute Gasteiger partial charge is 0.0704 e. The topological polar surface area (TPSA) is 3.24 Å². The lowest BCUT2D eigenvalue weighted by atomic mass is 9.49. The summed E-state index contributed by atoms with van der Waals surface area (Å²) in [5.74, 6) is 0.384. The molecule has 0 aromatic heterocycles. The van der Waals surface area contributed by atoms with Gasteiger partial charge in [0.15, 0.2) is 0 Å². The van der Waals surface area contributed by atoms with E-state index in [1.165, 1.54) is 50.2 Å². The predicted molar refractivity (Wildman–Crippen MR) is 211 cm³/mol. The number of nitrogens with zero attached hydrogens (tertiary/aromatic N) is 1. The molecule has 10 rings (SSSR count). The summed E-state index contributed by atoms with van der Waals surface area (Å²) in [6.07, 6.45) is 18.9. The Kier molecular flexibility index (Phi) is 6.96. The number of para-hydroxylation sites is 2. The van der Waals surface area contributed by atoms with Crippen LogP contribution in [-0.4, -0.2) is 0 Å². The molecule has 0 bridgehead atoms. The summed E-state index contributed by atoms with van der Waals surface area (Å²) in [6.45, 7) is 0. The first kappa shape index (κ1) is 29.9. The lowest BCUT2D eigenvalue weighted by Gasteiger charge is -2.52. The van der Waals surface area contributed by atoms with Gasteiger partial charge in [-0.05, 0) is 87.7 Å². The molecule has 6 aromatic carbocycles. The zero-order valence-corrected chi connectivity index (χ0v) is 28.6. The standard InChI is InChI=1S/C50H39N/c1-5-20-36(21-6-1)49(37-22-7-2-8-23-37)42-30-15-17-32-44(42)50(45-33-18-16-31-43(45)49)41-29-14-13-28-40(41)48-46(50)34-19-35-47(48)51(38-24-9-3-10-25-38)39-26-11-4-12-27-39/h1,3-7,9-35,40-41H,2,8H2. The van der Waals surface area contributed by atoms with E-state index in [0.717, 1.165) is 24.2 Å². The van der Waals surface area contributed by atoms with Crippen molar-refractivity contribution in [3.05, 3.63) is 245 Å². The lowest BCUT2D eigenvalue weighted by Crippen LogP contribution is -2.47. The SMILES string of the molecule is C1=CC2c3c(N(c4ccccc4)c4ccccc4)cccc3C3(c4ccccc4C(C4=CCCC=C4)(c4ccccc4)c4ccccc43)C2C=C1. The average molecular weight is 654 g/mol. The molecule has 0 saturated carbocycles. The van der Waals surface area contributed by atoms with Crippen LogP contribution < -0.4 is 4.90 Å². The highest BCUT2D eigenvalue weighted by atomic mass is 15.1. The highest BCUT2D eigenvalue weighted by Crippen LogP contribution is 2.68. The third-order valence-electron chi connectivity index (χ3n) is 11.9. The Morgan fingerprint density at radius 2 is 1.04 bits per heavy atom. The van der Waals surface area contributed by atoms with E-state index in [-0.39, 0.29) is 11.8 Å². The Hall–Kier alpha value is -5.92. The molecule has 0 N–H and O–H groups in total. The molecule has 6 aromatic rings. The summed E-state index contributed by atoms with van der Waals surface area (Å²) in [7, 11) is 0. The number of fused-ring (bicyclic) bond motifs is 9. The van der Waals surface area contributed by atoms with Crippen LogP contribution in [0, 0.1) is 5.92 Å². The van der Waals surface area contributed by atoms with Crippen molar-refractivity contribution in [3.63, 3.8) is 0 Å². The normalized spacial score (nSPS) is 23.6. The fraction of sp³-hybridized carbons (Fsp3) is 0.120. The predicted octanol–water partition coefficient (Wildman–Crippen LogP) is 12.3. The summed E-state index contributed by atoms with van der Waals surface area (Å²) in [5.41, 5.74) is 13.8. The summed E-state index contributed by atoms with van der Waals surface area (Å²) in [6, 6.07) is 58.9. The third-order valence-corrected chi connectivity index (χ3v) is 11.9. The number of hydrogen-bond donors (Lipinski definition) is 0. The zero-order chi connectivity index (χ0) is 33.8. The second kappa shape index (κ2) is 11.9. The Balaban J connectivity index is 1.33. The monoisotopic (exact) mass is 653 g/mol. The number of anilines is 3. The molecule has 2 atom stereocenters. The maximum atomic E-state index is 2.51. The molecular formula is C50H39N. The van der Waals surface area contributed by atoms with Crippen LogP contribution in [0.2, 0.25) is 0 Å². The van der Waals surface area contributed by atoms with Gasteiger partial charge in [-0.15, -0.1) is 0 Å². The Labute approximate surface area is 301 Å². The van der Waals surface area contributed by atoms with E-state index in [1.807, 2.05) is 0 Å². The minimum Gasteiger partial charge on any atom is -0.310 e. The average Bonchev–Trinajstić information content (AvgIpc) is 3.51. The van der Waals surface area contributed by atoms with Crippen LogP contribution in [0.15, 0.2) is 206 Å². The van der Waals surface area contributed by atoms with Crippen LogP contribution in [0.25, 0.3) is 0 Å². The zero-order valence-electron chi connectivity index (χ0n) is 28.6. The largest absolute Gasteiger partial charge is 0.310 e. The van der Waals surface area contributed by atoms with Crippen LogP contribution >= 0.6 is 0 Å². The van der Waals surface area contributed by atoms with Crippen molar-refractivity contribution in [2.75, 3.05) is 4.90 Å². The molecule has 1 heteroatoms. The second-order valence-corrected chi connectivity index (χ2v) is 14.2. The van der Waals surface area contributed by atoms with Crippen LogP contribution in [0.5, 0.6) is 0 Å². The fourth-order valence-electron chi connectivity index (χ4n) is 10.1. The molecule has 2 unspecified atom stereocenters. The van der Waals surface area contributed by atoms with Crippen molar-refractivity contribution in [2.45, 2.75) is 29.6 Å². The van der Waals surface area contributed by atoms with Crippen molar-refractivity contribution in [2.24, 2.45) is 5.92 Å². The Bertz CT molecular complexity index is 2290. The minimum atomic E-state index is -0.444. The van der Waals surface area contributed by atoms with Gasteiger partial charge >= 0.3 is 0 Å². The van der Waals surface area contributed by atoms with E-state index in [9.17, 15) is 0 Å². The first-order chi connectivity index (χ1) is 25.3. The maximum absolute atomic E-state index is 2.51. The molecule has 0 aliphatic heterocycles. The highest BCUT2D eigenvalue weighted by molar-refractivity contribution is 5.84. The van der Waals surface area contributed by atoms with Gasteiger partial charge in [0.25, 0.3) is 0 Å². The van der Waals surface area contributed by atoms with Crippen molar-refractivity contribution >= 4 is 17.1 Å². The molecule has 0 saturated heterocycles. The molecular weight excluding hydrogens is 615 g/mol. The molecule has 0 radical (unpaired) electrons. The number of hydrogen-bond acceptors (Lipinski definition) is 1. The molecule has 1 nitrogen and oxygen atoms in total. The molecule has 4 aliphatic rings. The van der Waals surface area contributed by atoms with E-state index >= 15 is 0 Å². The van der Waals surface area contributed by atoms with Crippen molar-refractivity contribution in [3.8, 4) is 0 Å². The Morgan fingerprint density at radius 3 is 1.65 bits per heavy atom. The fourth-order valence-corrected chi connectivity index (χ4v) is 10.1. The quantitative estimate of drug-likeness (QED) is 0.179. The van der Waals surface area contributed by atoms with E-state index in [0.29, 0.717) is 0 Å². The van der Waals surface area contributed by atoms with Gasteiger partial charge in [-0.2, -0.15) is 0 Å². The van der Waals surface area contributed by atoms with Gasteiger partial charge in [0, 0.05) is 23.2 Å². The van der Waals surface area contributed by atoms with Gasteiger partial charge in [0.1, 0.15) is 0 Å². The lowest BCUT2D eigenvalue weighted by molar-refractivity contribution is 0.430. The number of benzene rings is 6. The molecule has 0 heterocycles. The minimum absolute atomic E-state index is 0.190. The van der Waals surface area contributed by atoms with Crippen LogP contribution in [0.4, 0.5) is 17.1 Å². The third kappa shape index (κ3) is 4.15. The first-order valence-corrected chi connectivity index (χ1v) is 18.4. The first-order valence-electron chi connectivity index (χ1n) is 18.4. The molecule has 1 spiro atoms. The van der Waals surface area contributed by atoms with Gasteiger partial charge in [-0.25, -0.2) is 0 Å². The maximum Gasteiger partial charge on any atom is 0.0704 e. The Morgan fingerprint density at radius 1 is 0.490 bits per heavy atom. The van der Waals surface area contributed by atoms with Gasteiger partial charge in [0.05, 0.1) is 16.5 Å².